The molecule has 5 heteroatoms. The predicted octanol–water partition coefficient (Wildman–Crippen LogP) is 4.67. The van der Waals surface area contributed by atoms with E-state index >= 15 is 0 Å². The maximum absolute atomic E-state index is 13.8. The van der Waals surface area contributed by atoms with Gasteiger partial charge in [-0.2, -0.15) is 5.26 Å². The lowest BCUT2D eigenvalue weighted by Gasteiger charge is -2.10. The molecule has 0 spiro atoms. The van der Waals surface area contributed by atoms with Crippen molar-refractivity contribution < 1.29 is 9.13 Å². The molecular weight excluding hydrogens is 300 g/mol. The number of hydrogen-bond donors (Lipinski definition) is 0. The molecule has 0 aliphatic rings. The Hall–Kier alpha value is -1.76. The van der Waals surface area contributed by atoms with Crippen molar-refractivity contribution in [2.75, 3.05) is 0 Å². The maximum Gasteiger partial charge on any atom is 0.147 e. The van der Waals surface area contributed by atoms with Crippen LogP contribution in [0.3, 0.4) is 0 Å². The van der Waals surface area contributed by atoms with Crippen LogP contribution in [0.1, 0.15) is 16.7 Å². The van der Waals surface area contributed by atoms with Crippen LogP contribution in [-0.2, 0) is 12.5 Å². The Morgan fingerprint density at radius 2 is 2.05 bits per heavy atom. The minimum absolute atomic E-state index is 0.00128. The molecule has 0 bridgehead atoms. The van der Waals surface area contributed by atoms with Gasteiger partial charge in [-0.1, -0.05) is 29.8 Å². The van der Waals surface area contributed by atoms with Crippen molar-refractivity contribution in [2.24, 2.45) is 0 Å². The Morgan fingerprint density at radius 3 is 2.70 bits per heavy atom. The number of benzene rings is 2. The van der Waals surface area contributed by atoms with E-state index in [9.17, 15) is 4.39 Å². The fourth-order valence-corrected chi connectivity index (χ4v) is 2.10. The third-order valence-electron chi connectivity index (χ3n) is 2.73. The number of nitriles is 1. The molecule has 0 amide bonds. The number of nitrogens with zero attached hydrogens (tertiary/aromatic N) is 1. The SMILES string of the molecule is N#Cc1cccc(COc2ccc(CCl)cc2Cl)c1F. The smallest absolute Gasteiger partial charge is 0.147 e. The van der Waals surface area contributed by atoms with Gasteiger partial charge in [0.25, 0.3) is 0 Å². The number of rotatable bonds is 4. The Bertz CT molecular complexity index is 667. The maximum atomic E-state index is 13.8. The Balaban J connectivity index is 2.15. The van der Waals surface area contributed by atoms with E-state index in [1.807, 2.05) is 0 Å². The van der Waals surface area contributed by atoms with Crippen molar-refractivity contribution in [2.45, 2.75) is 12.5 Å². The average Bonchev–Trinajstić information content (AvgIpc) is 2.47. The van der Waals surface area contributed by atoms with Crippen molar-refractivity contribution in [3.05, 3.63) is 63.9 Å². The molecule has 102 valence electrons. The molecule has 20 heavy (non-hydrogen) atoms. The van der Waals surface area contributed by atoms with Gasteiger partial charge in [0.05, 0.1) is 10.6 Å². The summed E-state index contributed by atoms with van der Waals surface area (Å²) in [5.74, 6) is 0.240. The highest BCUT2D eigenvalue weighted by molar-refractivity contribution is 6.32. The molecule has 0 fully saturated rings. The fourth-order valence-electron chi connectivity index (χ4n) is 1.68. The fraction of sp³-hybridized carbons (Fsp3) is 0.133. The summed E-state index contributed by atoms with van der Waals surface area (Å²) in [4.78, 5) is 0. The highest BCUT2D eigenvalue weighted by Crippen LogP contribution is 2.27. The monoisotopic (exact) mass is 309 g/mol. The molecule has 0 unspecified atom stereocenters. The van der Waals surface area contributed by atoms with Crippen LogP contribution in [0.15, 0.2) is 36.4 Å². The predicted molar refractivity (Wildman–Crippen MR) is 76.5 cm³/mol. The van der Waals surface area contributed by atoms with Gasteiger partial charge in [0.15, 0.2) is 0 Å². The molecule has 0 saturated carbocycles. The topological polar surface area (TPSA) is 33.0 Å². The van der Waals surface area contributed by atoms with Crippen molar-refractivity contribution >= 4 is 23.2 Å². The lowest BCUT2D eigenvalue weighted by Crippen LogP contribution is -2.00. The highest BCUT2D eigenvalue weighted by Gasteiger charge is 2.09. The van der Waals surface area contributed by atoms with Crippen LogP contribution in [0.2, 0.25) is 5.02 Å². The Morgan fingerprint density at radius 1 is 1.25 bits per heavy atom. The summed E-state index contributed by atoms with van der Waals surface area (Å²) >= 11 is 11.7. The first-order valence-corrected chi connectivity index (χ1v) is 6.71. The molecule has 0 saturated heterocycles. The first-order valence-electron chi connectivity index (χ1n) is 5.80. The van der Waals surface area contributed by atoms with Gasteiger partial charge in [0, 0.05) is 11.4 Å². The summed E-state index contributed by atoms with van der Waals surface area (Å²) in [5, 5.41) is 9.18. The van der Waals surface area contributed by atoms with Gasteiger partial charge in [0.1, 0.15) is 24.2 Å². The number of ether oxygens (including phenoxy) is 1. The van der Waals surface area contributed by atoms with Crippen molar-refractivity contribution in [1.82, 2.24) is 0 Å². The van der Waals surface area contributed by atoms with Crippen LogP contribution in [0.25, 0.3) is 0 Å². The minimum atomic E-state index is -0.566. The largest absolute Gasteiger partial charge is 0.487 e. The molecule has 0 radical (unpaired) electrons. The number of halogens is 3. The van der Waals surface area contributed by atoms with E-state index in [1.165, 1.54) is 6.07 Å². The van der Waals surface area contributed by atoms with E-state index in [0.29, 0.717) is 22.2 Å². The molecule has 2 rings (SSSR count). The van der Waals surface area contributed by atoms with Crippen molar-refractivity contribution in [3.8, 4) is 11.8 Å². The zero-order valence-corrected chi connectivity index (χ0v) is 11.9. The van der Waals surface area contributed by atoms with Gasteiger partial charge < -0.3 is 4.74 Å². The van der Waals surface area contributed by atoms with Crippen molar-refractivity contribution in [3.63, 3.8) is 0 Å². The minimum Gasteiger partial charge on any atom is -0.487 e. The normalized spacial score (nSPS) is 10.1. The summed E-state index contributed by atoms with van der Waals surface area (Å²) in [6.07, 6.45) is 0. The van der Waals surface area contributed by atoms with Gasteiger partial charge >= 0.3 is 0 Å². The second-order valence-corrected chi connectivity index (χ2v) is 4.75. The van der Waals surface area contributed by atoms with E-state index in [1.54, 1.807) is 36.4 Å². The molecule has 2 aromatic rings. The summed E-state index contributed by atoms with van der Waals surface area (Å²) in [6, 6.07) is 11.6. The Kier molecular flexibility index (Phi) is 4.84. The summed E-state index contributed by atoms with van der Waals surface area (Å²) in [6.45, 7) is 0.00128. The lowest BCUT2D eigenvalue weighted by molar-refractivity contribution is 0.300. The van der Waals surface area contributed by atoms with E-state index in [4.69, 9.17) is 33.2 Å². The molecule has 0 atom stereocenters. The van der Waals surface area contributed by atoms with E-state index in [0.717, 1.165) is 5.56 Å². The number of alkyl halides is 1. The van der Waals surface area contributed by atoms with Crippen LogP contribution >= 0.6 is 23.2 Å². The zero-order valence-electron chi connectivity index (χ0n) is 10.4. The summed E-state index contributed by atoms with van der Waals surface area (Å²) in [5.41, 5.74) is 1.18. The van der Waals surface area contributed by atoms with Crippen LogP contribution in [0.4, 0.5) is 4.39 Å². The average molecular weight is 310 g/mol. The Labute approximate surface area is 126 Å². The van der Waals surface area contributed by atoms with Crippen LogP contribution in [0, 0.1) is 17.1 Å². The first kappa shape index (κ1) is 14.6. The molecule has 0 aromatic heterocycles. The van der Waals surface area contributed by atoms with Gasteiger partial charge in [0.2, 0.25) is 0 Å². The van der Waals surface area contributed by atoms with Gasteiger partial charge in [-0.15, -0.1) is 11.6 Å². The molecule has 0 aliphatic heterocycles. The quantitative estimate of drug-likeness (QED) is 0.769. The van der Waals surface area contributed by atoms with Crippen molar-refractivity contribution in [1.29, 1.82) is 5.26 Å². The molecule has 2 nitrogen and oxygen atoms in total. The van der Waals surface area contributed by atoms with E-state index < -0.39 is 5.82 Å². The van der Waals surface area contributed by atoms with E-state index in [-0.39, 0.29) is 12.2 Å². The molecule has 0 N–H and O–H groups in total. The third-order valence-corrected chi connectivity index (χ3v) is 3.34. The van der Waals surface area contributed by atoms with Crippen LogP contribution < -0.4 is 4.74 Å². The van der Waals surface area contributed by atoms with Gasteiger partial charge in [-0.3, -0.25) is 0 Å². The molecule has 0 aliphatic carbocycles. The van der Waals surface area contributed by atoms with Gasteiger partial charge in [-0.05, 0) is 23.8 Å². The second-order valence-electron chi connectivity index (χ2n) is 4.08. The zero-order chi connectivity index (χ0) is 14.5. The number of hydrogen-bond acceptors (Lipinski definition) is 2. The van der Waals surface area contributed by atoms with Gasteiger partial charge in [-0.25, -0.2) is 4.39 Å². The molecular formula is C15H10Cl2FNO. The summed E-state index contributed by atoms with van der Waals surface area (Å²) < 4.78 is 19.3. The lowest BCUT2D eigenvalue weighted by atomic mass is 10.1. The summed E-state index contributed by atoms with van der Waals surface area (Å²) in [7, 11) is 0. The highest BCUT2D eigenvalue weighted by atomic mass is 35.5. The molecule has 2 aromatic carbocycles. The first-order chi connectivity index (χ1) is 9.65. The second kappa shape index (κ2) is 6.60. The third kappa shape index (κ3) is 3.22. The van der Waals surface area contributed by atoms with Crippen LogP contribution in [-0.4, -0.2) is 0 Å². The van der Waals surface area contributed by atoms with Crippen LogP contribution in [0.5, 0.6) is 5.75 Å². The van der Waals surface area contributed by atoms with E-state index in [2.05, 4.69) is 0 Å². The molecule has 0 heterocycles. The standard InChI is InChI=1S/C15H10Cl2FNO/c16-7-10-4-5-14(13(17)6-10)20-9-12-3-1-2-11(8-19)15(12)18/h1-6H,7,9H2.